The van der Waals surface area contributed by atoms with E-state index in [4.69, 9.17) is 20.2 Å². The van der Waals surface area contributed by atoms with Crippen LogP contribution in [0.4, 0.5) is 0 Å². The first-order chi connectivity index (χ1) is 7.68. The Kier molecular flexibility index (Phi) is 9.66. The van der Waals surface area contributed by atoms with Gasteiger partial charge in [0.15, 0.2) is 0 Å². The van der Waals surface area contributed by atoms with Crippen LogP contribution in [0.5, 0.6) is 0 Å². The van der Waals surface area contributed by atoms with Crippen molar-refractivity contribution in [2.45, 2.75) is 26.7 Å². The lowest BCUT2D eigenvalue weighted by Gasteiger charge is -2.16. The van der Waals surface area contributed by atoms with Crippen LogP contribution >= 0.6 is 7.60 Å². The summed E-state index contributed by atoms with van der Waals surface area (Å²) in [6.07, 6.45) is 7.03. The van der Waals surface area contributed by atoms with Crippen LogP contribution in [0.2, 0.25) is 0 Å². The lowest BCUT2D eigenvalue weighted by atomic mass is 10.4. The topological polar surface area (TPSA) is 44.8 Å². The van der Waals surface area contributed by atoms with Crippen LogP contribution in [0, 0.1) is 12.3 Å². The van der Waals surface area contributed by atoms with Crippen LogP contribution in [0.25, 0.3) is 0 Å². The van der Waals surface area contributed by atoms with Gasteiger partial charge in [0.1, 0.15) is 6.61 Å². The van der Waals surface area contributed by atoms with Gasteiger partial charge in [-0.2, -0.15) is 0 Å². The zero-order valence-electron chi connectivity index (χ0n) is 10.1. The van der Waals surface area contributed by atoms with E-state index < -0.39 is 7.60 Å². The molecule has 0 aliphatic heterocycles. The van der Waals surface area contributed by atoms with Crippen LogP contribution in [0.3, 0.4) is 0 Å². The number of unbranched alkanes of at least 4 members (excludes halogenated alkanes) is 1. The maximum atomic E-state index is 12.0. The highest BCUT2D eigenvalue weighted by atomic mass is 31.2. The van der Waals surface area contributed by atoms with Crippen molar-refractivity contribution in [1.29, 1.82) is 0 Å². The normalized spacial score (nSPS) is 11.3. The Hall–Kier alpha value is -0.330. The molecule has 0 heterocycles. The Labute approximate surface area is 98.2 Å². The highest BCUT2D eigenvalue weighted by Gasteiger charge is 2.22. The van der Waals surface area contributed by atoms with Crippen LogP contribution in [0.1, 0.15) is 26.7 Å². The Balaban J connectivity index is 3.69. The number of hydrogen-bond donors (Lipinski definition) is 0. The maximum Gasteiger partial charge on any atom is 0.330 e. The van der Waals surface area contributed by atoms with Crippen molar-refractivity contribution in [2.75, 3.05) is 32.6 Å². The van der Waals surface area contributed by atoms with Crippen molar-refractivity contribution >= 4 is 7.60 Å². The van der Waals surface area contributed by atoms with Gasteiger partial charge in [0, 0.05) is 6.61 Å². The first kappa shape index (κ1) is 15.7. The van der Waals surface area contributed by atoms with Gasteiger partial charge in [0.2, 0.25) is 0 Å². The standard InChI is InChI=1S/C11H21O4P/c1-4-9-13-10-7-8-11-16(12,14-5-2)15-6-3/h1H,5-11H2,2-3H3. The number of terminal acetylenes is 1. The third kappa shape index (κ3) is 7.90. The van der Waals surface area contributed by atoms with Gasteiger partial charge in [-0.1, -0.05) is 5.92 Å². The summed E-state index contributed by atoms with van der Waals surface area (Å²) >= 11 is 0. The minimum absolute atomic E-state index is 0.328. The minimum atomic E-state index is -2.87. The molecule has 0 atom stereocenters. The third-order valence-corrected chi connectivity index (χ3v) is 3.97. The molecular weight excluding hydrogens is 227 g/mol. The number of hydrogen-bond acceptors (Lipinski definition) is 4. The van der Waals surface area contributed by atoms with Gasteiger partial charge in [-0.25, -0.2) is 0 Å². The van der Waals surface area contributed by atoms with Crippen molar-refractivity contribution < 1.29 is 18.3 Å². The van der Waals surface area contributed by atoms with Gasteiger partial charge >= 0.3 is 7.60 Å². The average Bonchev–Trinajstić information content (AvgIpc) is 2.24. The highest BCUT2D eigenvalue weighted by molar-refractivity contribution is 7.53. The number of ether oxygens (including phenoxy) is 1. The van der Waals surface area contributed by atoms with Crippen molar-refractivity contribution in [1.82, 2.24) is 0 Å². The Morgan fingerprint density at radius 2 is 1.81 bits per heavy atom. The summed E-state index contributed by atoms with van der Waals surface area (Å²) in [5.41, 5.74) is 0. The lowest BCUT2D eigenvalue weighted by molar-refractivity contribution is 0.162. The summed E-state index contributed by atoms with van der Waals surface area (Å²) in [6.45, 7) is 5.34. The molecule has 5 heteroatoms. The SMILES string of the molecule is C#CCOCCCCP(=O)(OCC)OCC. The molecule has 0 aliphatic rings. The maximum absolute atomic E-state index is 12.0. The molecule has 0 amide bonds. The summed E-state index contributed by atoms with van der Waals surface area (Å²) < 4.78 is 27.4. The van der Waals surface area contributed by atoms with E-state index >= 15 is 0 Å². The summed E-state index contributed by atoms with van der Waals surface area (Å²) in [7, 11) is -2.87. The molecule has 0 rings (SSSR count). The van der Waals surface area contributed by atoms with E-state index in [2.05, 4.69) is 5.92 Å². The van der Waals surface area contributed by atoms with Gasteiger partial charge in [0.25, 0.3) is 0 Å². The molecule has 0 fully saturated rings. The molecule has 0 unspecified atom stereocenters. The van der Waals surface area contributed by atoms with Crippen LogP contribution in [0.15, 0.2) is 0 Å². The van der Waals surface area contributed by atoms with E-state index in [0.29, 0.717) is 32.6 Å². The second kappa shape index (κ2) is 9.86. The van der Waals surface area contributed by atoms with E-state index in [-0.39, 0.29) is 0 Å². The van der Waals surface area contributed by atoms with E-state index in [1.165, 1.54) is 0 Å². The van der Waals surface area contributed by atoms with E-state index in [1.54, 1.807) is 0 Å². The van der Waals surface area contributed by atoms with Gasteiger partial charge < -0.3 is 13.8 Å². The highest BCUT2D eigenvalue weighted by Crippen LogP contribution is 2.48. The van der Waals surface area contributed by atoms with Crippen molar-refractivity contribution in [3.8, 4) is 12.3 Å². The molecule has 0 bridgehead atoms. The molecular formula is C11H21O4P. The molecule has 0 aromatic heterocycles. The molecule has 94 valence electrons. The summed E-state index contributed by atoms with van der Waals surface area (Å²) in [6, 6.07) is 0. The minimum Gasteiger partial charge on any atom is -0.369 e. The second-order valence-electron chi connectivity index (χ2n) is 3.13. The largest absolute Gasteiger partial charge is 0.369 e. The molecule has 4 nitrogen and oxygen atoms in total. The molecule has 0 saturated heterocycles. The zero-order valence-corrected chi connectivity index (χ0v) is 11.0. The van der Waals surface area contributed by atoms with E-state index in [9.17, 15) is 4.57 Å². The fourth-order valence-corrected chi connectivity index (χ4v) is 2.93. The molecule has 0 radical (unpaired) electrons. The zero-order chi connectivity index (χ0) is 12.3. The third-order valence-electron chi connectivity index (χ3n) is 1.81. The first-order valence-corrected chi connectivity index (χ1v) is 7.30. The van der Waals surface area contributed by atoms with Gasteiger partial charge in [-0.05, 0) is 26.7 Å². The van der Waals surface area contributed by atoms with Gasteiger partial charge in [-0.3, -0.25) is 4.57 Å². The molecule has 0 spiro atoms. The van der Waals surface area contributed by atoms with Crippen LogP contribution < -0.4 is 0 Å². The quantitative estimate of drug-likeness (QED) is 0.339. The fourth-order valence-electron chi connectivity index (χ4n) is 1.20. The lowest BCUT2D eigenvalue weighted by Crippen LogP contribution is -2.02. The second-order valence-corrected chi connectivity index (χ2v) is 5.32. The first-order valence-electron chi connectivity index (χ1n) is 5.58. The Morgan fingerprint density at radius 1 is 1.19 bits per heavy atom. The molecule has 0 N–H and O–H groups in total. The molecule has 16 heavy (non-hydrogen) atoms. The molecule has 0 aromatic rings. The van der Waals surface area contributed by atoms with Gasteiger partial charge in [-0.15, -0.1) is 6.42 Å². The smallest absolute Gasteiger partial charge is 0.330 e. The predicted octanol–water partition coefficient (Wildman–Crippen LogP) is 2.68. The molecule has 0 saturated carbocycles. The van der Waals surface area contributed by atoms with Crippen molar-refractivity contribution in [2.24, 2.45) is 0 Å². The fraction of sp³-hybridized carbons (Fsp3) is 0.818. The molecule has 0 aromatic carbocycles. The molecule has 0 aliphatic carbocycles. The number of rotatable bonds is 10. The van der Waals surface area contributed by atoms with Crippen LogP contribution in [-0.2, 0) is 18.3 Å². The summed E-state index contributed by atoms with van der Waals surface area (Å²) in [5.74, 6) is 2.39. The van der Waals surface area contributed by atoms with Crippen molar-refractivity contribution in [3.63, 3.8) is 0 Å². The Bertz CT molecular complexity index is 237. The van der Waals surface area contributed by atoms with E-state index in [1.807, 2.05) is 13.8 Å². The van der Waals surface area contributed by atoms with Gasteiger partial charge in [0.05, 0.1) is 19.4 Å². The van der Waals surface area contributed by atoms with Crippen molar-refractivity contribution in [3.05, 3.63) is 0 Å². The average molecular weight is 248 g/mol. The summed E-state index contributed by atoms with van der Waals surface area (Å²) in [4.78, 5) is 0. The van der Waals surface area contributed by atoms with Crippen LogP contribution in [-0.4, -0.2) is 32.6 Å². The Morgan fingerprint density at radius 3 is 2.31 bits per heavy atom. The monoisotopic (exact) mass is 248 g/mol. The predicted molar refractivity (Wildman–Crippen MR) is 64.6 cm³/mol. The summed E-state index contributed by atoms with van der Waals surface area (Å²) in [5, 5.41) is 0. The van der Waals surface area contributed by atoms with E-state index in [0.717, 1.165) is 12.8 Å².